The van der Waals surface area contributed by atoms with Gasteiger partial charge in [-0.25, -0.2) is 0 Å². The van der Waals surface area contributed by atoms with Crippen LogP contribution in [-0.2, 0) is 0 Å². The lowest BCUT2D eigenvalue weighted by molar-refractivity contribution is 0.415. The molecule has 0 atom stereocenters. The maximum atomic E-state index is 5.11. The minimum Gasteiger partial charge on any atom is -0.497 e. The molecule has 0 saturated carbocycles. The lowest BCUT2D eigenvalue weighted by Crippen LogP contribution is -1.80. The van der Waals surface area contributed by atoms with Crippen LogP contribution in [0.25, 0.3) is 10.9 Å². The zero-order valence-electron chi connectivity index (χ0n) is 8.60. The molecule has 2 aromatic rings. The molecule has 0 saturated heterocycles. The fraction of sp³-hybridized carbons (Fsp3) is 0.273. The van der Waals surface area contributed by atoms with E-state index in [1.807, 2.05) is 38.2 Å². The number of hydrogen-bond donors (Lipinski definition) is 1. The monoisotopic (exact) mass is 255 g/mol. The summed E-state index contributed by atoms with van der Waals surface area (Å²) in [6, 6.07) is 5.93. The zero-order chi connectivity index (χ0) is 10.6. The first-order valence-corrected chi connectivity index (χ1v) is 5.41. The largest absolute Gasteiger partial charge is 0.497 e. The molecule has 3 heteroatoms. The van der Waals surface area contributed by atoms with Gasteiger partial charge < -0.3 is 9.72 Å². The Balaban J connectivity index is 0.000000461. The van der Waals surface area contributed by atoms with Crippen LogP contribution in [0.5, 0.6) is 5.75 Å². The second-order valence-corrected chi connectivity index (χ2v) is 3.40. The van der Waals surface area contributed by atoms with E-state index >= 15 is 0 Å². The molecule has 0 fully saturated rings. The quantitative estimate of drug-likeness (QED) is 0.820. The molecule has 0 radical (unpaired) electrons. The first-order chi connectivity index (χ1) is 6.81. The zero-order valence-corrected chi connectivity index (χ0v) is 10.2. The molecular formula is C11H14BrNO. The Morgan fingerprint density at radius 3 is 2.64 bits per heavy atom. The number of benzene rings is 1. The molecule has 0 amide bonds. The van der Waals surface area contributed by atoms with E-state index in [0.717, 1.165) is 21.1 Å². The van der Waals surface area contributed by atoms with Crippen LogP contribution in [0.15, 0.2) is 28.9 Å². The molecule has 1 aromatic carbocycles. The molecule has 1 heterocycles. The fourth-order valence-electron chi connectivity index (χ4n) is 1.19. The van der Waals surface area contributed by atoms with Gasteiger partial charge in [0.25, 0.3) is 0 Å². The molecule has 0 unspecified atom stereocenters. The van der Waals surface area contributed by atoms with Crippen molar-refractivity contribution in [2.24, 2.45) is 0 Å². The van der Waals surface area contributed by atoms with Gasteiger partial charge in [-0.1, -0.05) is 13.8 Å². The predicted octanol–water partition coefficient (Wildman–Crippen LogP) is 3.97. The Morgan fingerprint density at radius 1 is 1.29 bits per heavy atom. The van der Waals surface area contributed by atoms with E-state index in [-0.39, 0.29) is 0 Å². The highest BCUT2D eigenvalue weighted by atomic mass is 79.9. The van der Waals surface area contributed by atoms with Gasteiger partial charge in [-0.3, -0.25) is 0 Å². The summed E-state index contributed by atoms with van der Waals surface area (Å²) in [5, 5.41) is 1.15. The van der Waals surface area contributed by atoms with Crippen molar-refractivity contribution in [3.05, 3.63) is 28.9 Å². The molecule has 0 aliphatic carbocycles. The van der Waals surface area contributed by atoms with Crippen LogP contribution in [0.2, 0.25) is 0 Å². The van der Waals surface area contributed by atoms with Crippen LogP contribution in [-0.4, -0.2) is 12.1 Å². The maximum Gasteiger partial charge on any atom is 0.119 e. The van der Waals surface area contributed by atoms with Crippen LogP contribution in [0.3, 0.4) is 0 Å². The molecule has 0 bridgehead atoms. The summed E-state index contributed by atoms with van der Waals surface area (Å²) >= 11 is 3.44. The van der Waals surface area contributed by atoms with Crippen molar-refractivity contribution in [1.82, 2.24) is 4.98 Å². The summed E-state index contributed by atoms with van der Waals surface area (Å²) in [7, 11) is 1.67. The van der Waals surface area contributed by atoms with Crippen molar-refractivity contribution in [1.29, 1.82) is 0 Å². The van der Waals surface area contributed by atoms with Crippen LogP contribution >= 0.6 is 15.9 Å². The number of aromatic amines is 1. The van der Waals surface area contributed by atoms with Crippen LogP contribution in [0.4, 0.5) is 0 Å². The number of hydrogen-bond acceptors (Lipinski definition) is 1. The summed E-state index contributed by atoms with van der Waals surface area (Å²) in [5.74, 6) is 0.878. The lowest BCUT2D eigenvalue weighted by atomic mass is 10.2. The predicted molar refractivity (Wildman–Crippen MR) is 63.9 cm³/mol. The number of halogens is 1. The third kappa shape index (κ3) is 2.10. The Hall–Kier alpha value is -0.960. The van der Waals surface area contributed by atoms with Crippen molar-refractivity contribution < 1.29 is 4.74 Å². The standard InChI is InChI=1S/C9H8BrNO.C2H6/c1-12-6-2-3-9-7(4-6)8(10)5-11-9;1-2/h2-5,11H,1H3;1-2H3. The van der Waals surface area contributed by atoms with Gasteiger partial charge in [0.1, 0.15) is 5.75 Å². The molecular weight excluding hydrogens is 242 g/mol. The van der Waals surface area contributed by atoms with E-state index in [9.17, 15) is 0 Å². The Labute approximate surface area is 92.4 Å². The first kappa shape index (κ1) is 11.1. The number of fused-ring (bicyclic) bond motifs is 1. The SMILES string of the molecule is CC.COc1ccc2[nH]cc(Br)c2c1. The van der Waals surface area contributed by atoms with Gasteiger partial charge >= 0.3 is 0 Å². The molecule has 14 heavy (non-hydrogen) atoms. The molecule has 0 aliphatic heterocycles. The van der Waals surface area contributed by atoms with Crippen LogP contribution in [0.1, 0.15) is 13.8 Å². The van der Waals surface area contributed by atoms with Crippen molar-refractivity contribution in [3.8, 4) is 5.75 Å². The summed E-state index contributed by atoms with van der Waals surface area (Å²) in [4.78, 5) is 3.14. The van der Waals surface area contributed by atoms with E-state index in [4.69, 9.17) is 4.74 Å². The molecule has 76 valence electrons. The summed E-state index contributed by atoms with van der Waals surface area (Å²) < 4.78 is 6.18. The van der Waals surface area contributed by atoms with E-state index < -0.39 is 0 Å². The van der Waals surface area contributed by atoms with E-state index in [1.165, 1.54) is 0 Å². The summed E-state index contributed by atoms with van der Waals surface area (Å²) in [6.45, 7) is 4.00. The highest BCUT2D eigenvalue weighted by Crippen LogP contribution is 2.26. The van der Waals surface area contributed by atoms with Crippen molar-refractivity contribution in [2.75, 3.05) is 7.11 Å². The fourth-order valence-corrected chi connectivity index (χ4v) is 1.64. The number of nitrogens with one attached hydrogen (secondary N) is 1. The first-order valence-electron chi connectivity index (χ1n) is 4.62. The lowest BCUT2D eigenvalue weighted by Gasteiger charge is -1.98. The molecule has 2 rings (SSSR count). The normalized spacial score (nSPS) is 9.43. The highest BCUT2D eigenvalue weighted by Gasteiger charge is 2.00. The molecule has 0 spiro atoms. The second kappa shape index (κ2) is 5.05. The minimum absolute atomic E-state index is 0.878. The third-order valence-electron chi connectivity index (χ3n) is 1.84. The van der Waals surface area contributed by atoms with Gasteiger partial charge in [0, 0.05) is 21.6 Å². The molecule has 1 aromatic heterocycles. The van der Waals surface area contributed by atoms with Crippen molar-refractivity contribution in [2.45, 2.75) is 13.8 Å². The van der Waals surface area contributed by atoms with Gasteiger partial charge in [-0.15, -0.1) is 0 Å². The number of rotatable bonds is 1. The second-order valence-electron chi connectivity index (χ2n) is 2.55. The van der Waals surface area contributed by atoms with Crippen LogP contribution < -0.4 is 4.74 Å². The average Bonchev–Trinajstić information content (AvgIpc) is 2.63. The van der Waals surface area contributed by atoms with Crippen LogP contribution in [0, 0.1) is 0 Å². The Morgan fingerprint density at radius 2 is 2.00 bits per heavy atom. The third-order valence-corrected chi connectivity index (χ3v) is 2.49. The minimum atomic E-state index is 0.878. The van der Waals surface area contributed by atoms with Gasteiger partial charge in [-0.2, -0.15) is 0 Å². The molecule has 1 N–H and O–H groups in total. The highest BCUT2D eigenvalue weighted by molar-refractivity contribution is 9.10. The van der Waals surface area contributed by atoms with Gasteiger partial charge in [-0.05, 0) is 34.1 Å². The molecule has 0 aliphatic rings. The number of ether oxygens (including phenoxy) is 1. The Bertz CT molecular complexity index is 409. The maximum absolute atomic E-state index is 5.11. The number of aromatic nitrogens is 1. The van der Waals surface area contributed by atoms with Gasteiger partial charge in [0.2, 0.25) is 0 Å². The average molecular weight is 256 g/mol. The van der Waals surface area contributed by atoms with Crippen molar-refractivity contribution in [3.63, 3.8) is 0 Å². The Kier molecular flexibility index (Phi) is 4.01. The number of H-pyrrole nitrogens is 1. The summed E-state index contributed by atoms with van der Waals surface area (Å²) in [6.07, 6.45) is 1.92. The van der Waals surface area contributed by atoms with E-state index in [2.05, 4.69) is 20.9 Å². The topological polar surface area (TPSA) is 25.0 Å². The number of methoxy groups -OCH3 is 1. The smallest absolute Gasteiger partial charge is 0.119 e. The van der Waals surface area contributed by atoms with E-state index in [1.54, 1.807) is 7.11 Å². The van der Waals surface area contributed by atoms with Crippen molar-refractivity contribution >= 4 is 26.8 Å². The van der Waals surface area contributed by atoms with Gasteiger partial charge in [0.15, 0.2) is 0 Å². The van der Waals surface area contributed by atoms with Gasteiger partial charge in [0.05, 0.1) is 7.11 Å². The summed E-state index contributed by atoms with van der Waals surface area (Å²) in [5.41, 5.74) is 1.11. The van der Waals surface area contributed by atoms with E-state index in [0.29, 0.717) is 0 Å². The molecule has 2 nitrogen and oxygen atoms in total.